The molecule has 0 aromatic rings. The number of amides is 1. The first-order valence-corrected chi connectivity index (χ1v) is 14.5. The van der Waals surface area contributed by atoms with E-state index in [0.29, 0.717) is 31.2 Å². The Hall–Kier alpha value is -0.650. The molecule has 4 rings (SSSR count). The van der Waals surface area contributed by atoms with E-state index in [2.05, 4.69) is 39.9 Å². The SMILES string of the molecule is CCC(=O)NCCC[C@](C)(O)[C@H]1CC[C@]2(C)C1[C@H](O)CC1[C@@]3(C)CC[C@H](O)C(C)(C)C3CC[C@]12C. The molecule has 35 heavy (non-hydrogen) atoms. The zero-order chi connectivity index (χ0) is 26.0. The van der Waals surface area contributed by atoms with E-state index in [0.717, 1.165) is 51.4 Å². The quantitative estimate of drug-likeness (QED) is 0.391. The van der Waals surface area contributed by atoms with Crippen LogP contribution in [-0.4, -0.2) is 45.6 Å². The number of hydrogen-bond acceptors (Lipinski definition) is 4. The maximum absolute atomic E-state index is 11.8. The Kier molecular flexibility index (Phi) is 7.02. The molecule has 4 aliphatic carbocycles. The third kappa shape index (κ3) is 4.02. The first-order chi connectivity index (χ1) is 16.1. The summed E-state index contributed by atoms with van der Waals surface area (Å²) in [6.07, 6.45) is 8.26. The molecule has 5 nitrogen and oxygen atoms in total. The van der Waals surface area contributed by atoms with Crippen LogP contribution in [0.25, 0.3) is 0 Å². The van der Waals surface area contributed by atoms with E-state index < -0.39 is 11.7 Å². The molecule has 0 radical (unpaired) electrons. The summed E-state index contributed by atoms with van der Waals surface area (Å²) in [5.41, 5.74) is -0.689. The molecule has 0 aromatic carbocycles. The molecule has 4 saturated carbocycles. The lowest BCUT2D eigenvalue weighted by Gasteiger charge is -2.70. The Balaban J connectivity index is 1.57. The van der Waals surface area contributed by atoms with E-state index in [9.17, 15) is 20.1 Å². The Morgan fingerprint density at radius 2 is 1.63 bits per heavy atom. The number of carbonyl (C=O) groups excluding carboxylic acids is 1. The van der Waals surface area contributed by atoms with Crippen LogP contribution in [0.5, 0.6) is 0 Å². The Morgan fingerprint density at radius 3 is 2.29 bits per heavy atom. The fourth-order valence-corrected chi connectivity index (χ4v) is 10.4. The summed E-state index contributed by atoms with van der Waals surface area (Å²) in [5.74, 6) is 1.15. The maximum atomic E-state index is 11.8. The fraction of sp³-hybridized carbons (Fsp3) is 0.967. The number of aliphatic hydroxyl groups is 3. The molecular formula is C30H53NO4. The second-order valence-corrected chi connectivity index (χ2v) is 14.5. The number of hydrogen-bond donors (Lipinski definition) is 4. The van der Waals surface area contributed by atoms with Crippen molar-refractivity contribution in [3.05, 3.63) is 0 Å². The van der Waals surface area contributed by atoms with Gasteiger partial charge in [-0.05, 0) is 110 Å². The lowest BCUT2D eigenvalue weighted by molar-refractivity contribution is -0.246. The lowest BCUT2D eigenvalue weighted by Crippen LogP contribution is -2.66. The highest BCUT2D eigenvalue weighted by atomic mass is 16.3. The Labute approximate surface area is 213 Å². The molecular weight excluding hydrogens is 438 g/mol. The van der Waals surface area contributed by atoms with E-state index in [1.54, 1.807) is 0 Å². The number of nitrogens with one attached hydrogen (secondary N) is 1. The fourth-order valence-electron chi connectivity index (χ4n) is 10.4. The van der Waals surface area contributed by atoms with Gasteiger partial charge in [0.1, 0.15) is 0 Å². The second-order valence-electron chi connectivity index (χ2n) is 14.5. The van der Waals surface area contributed by atoms with Gasteiger partial charge in [0.15, 0.2) is 0 Å². The molecule has 5 heteroatoms. The third-order valence-electron chi connectivity index (χ3n) is 12.7. The van der Waals surface area contributed by atoms with Crippen molar-refractivity contribution in [3.63, 3.8) is 0 Å². The highest BCUT2D eigenvalue weighted by molar-refractivity contribution is 5.75. The predicted molar refractivity (Wildman–Crippen MR) is 140 cm³/mol. The molecule has 4 aliphatic rings. The van der Waals surface area contributed by atoms with Crippen LogP contribution in [0.4, 0.5) is 0 Å². The van der Waals surface area contributed by atoms with Gasteiger partial charge < -0.3 is 20.6 Å². The van der Waals surface area contributed by atoms with Crippen molar-refractivity contribution >= 4 is 5.91 Å². The highest BCUT2D eigenvalue weighted by Crippen LogP contribution is 2.75. The summed E-state index contributed by atoms with van der Waals surface area (Å²) >= 11 is 0. The zero-order valence-electron chi connectivity index (χ0n) is 23.5. The number of aliphatic hydroxyl groups excluding tert-OH is 2. The molecule has 0 bridgehead atoms. The van der Waals surface area contributed by atoms with Crippen LogP contribution in [0.1, 0.15) is 113 Å². The van der Waals surface area contributed by atoms with Crippen molar-refractivity contribution < 1.29 is 20.1 Å². The van der Waals surface area contributed by atoms with Crippen molar-refractivity contribution in [2.45, 2.75) is 130 Å². The zero-order valence-corrected chi connectivity index (χ0v) is 23.5. The van der Waals surface area contributed by atoms with Crippen molar-refractivity contribution in [2.24, 2.45) is 45.3 Å². The molecule has 0 aromatic heterocycles. The highest BCUT2D eigenvalue weighted by Gasteiger charge is 2.71. The van der Waals surface area contributed by atoms with Crippen molar-refractivity contribution in [2.75, 3.05) is 6.54 Å². The van der Waals surface area contributed by atoms with Gasteiger partial charge in [-0.25, -0.2) is 0 Å². The van der Waals surface area contributed by atoms with Gasteiger partial charge in [0.05, 0.1) is 17.8 Å². The van der Waals surface area contributed by atoms with Crippen LogP contribution in [0.15, 0.2) is 0 Å². The van der Waals surface area contributed by atoms with E-state index in [-0.39, 0.29) is 45.5 Å². The van der Waals surface area contributed by atoms with Crippen molar-refractivity contribution in [3.8, 4) is 0 Å². The van der Waals surface area contributed by atoms with Crippen LogP contribution >= 0.6 is 0 Å². The monoisotopic (exact) mass is 491 g/mol. The standard InChI is InChI=1S/C30H53NO4/c1-8-24(34)31-17-9-13-30(7,35)19-10-15-29(6)25(19)20(32)18-22-27(4)14-12-23(33)26(2,3)21(27)11-16-28(22,29)5/h19-23,25,32-33,35H,8-18H2,1-7H3,(H,31,34)/t19-,20+,21?,22?,23-,25?,27-,28+,29+,30-/m0/s1. The molecule has 202 valence electrons. The topological polar surface area (TPSA) is 89.8 Å². The van der Waals surface area contributed by atoms with Crippen LogP contribution < -0.4 is 5.32 Å². The predicted octanol–water partition coefficient (Wildman–Crippen LogP) is 5.06. The minimum absolute atomic E-state index is 0.00535. The molecule has 3 unspecified atom stereocenters. The van der Waals surface area contributed by atoms with Gasteiger partial charge in [-0.1, -0.05) is 41.5 Å². The first-order valence-electron chi connectivity index (χ1n) is 14.5. The molecule has 1 amide bonds. The molecule has 4 fully saturated rings. The molecule has 4 N–H and O–H groups in total. The van der Waals surface area contributed by atoms with Crippen LogP contribution in [0.2, 0.25) is 0 Å². The summed E-state index contributed by atoms with van der Waals surface area (Å²) in [6.45, 7) is 16.3. The average Bonchev–Trinajstić information content (AvgIpc) is 3.16. The minimum Gasteiger partial charge on any atom is -0.393 e. The molecule has 10 atom stereocenters. The van der Waals surface area contributed by atoms with Crippen LogP contribution in [0, 0.1) is 45.3 Å². The van der Waals surface area contributed by atoms with E-state index in [1.165, 1.54) is 0 Å². The van der Waals surface area contributed by atoms with E-state index in [1.807, 2.05) is 13.8 Å². The molecule has 0 saturated heterocycles. The lowest BCUT2D eigenvalue weighted by atomic mass is 9.35. The number of fused-ring (bicyclic) bond motifs is 5. The molecule has 0 spiro atoms. The van der Waals surface area contributed by atoms with E-state index in [4.69, 9.17) is 0 Å². The van der Waals surface area contributed by atoms with Gasteiger partial charge in [0.2, 0.25) is 5.91 Å². The molecule has 0 heterocycles. The Bertz CT molecular complexity index is 810. The first kappa shape index (κ1) is 27.4. The van der Waals surface area contributed by atoms with Crippen molar-refractivity contribution in [1.29, 1.82) is 0 Å². The average molecular weight is 492 g/mol. The van der Waals surface area contributed by atoms with Gasteiger partial charge in [-0.2, -0.15) is 0 Å². The summed E-state index contributed by atoms with van der Waals surface area (Å²) in [7, 11) is 0. The summed E-state index contributed by atoms with van der Waals surface area (Å²) in [4.78, 5) is 11.6. The summed E-state index contributed by atoms with van der Waals surface area (Å²) < 4.78 is 0. The van der Waals surface area contributed by atoms with Crippen LogP contribution in [-0.2, 0) is 4.79 Å². The molecule has 0 aliphatic heterocycles. The Morgan fingerprint density at radius 1 is 0.971 bits per heavy atom. The van der Waals surface area contributed by atoms with Gasteiger partial charge in [-0.15, -0.1) is 0 Å². The maximum Gasteiger partial charge on any atom is 0.219 e. The second kappa shape index (κ2) is 8.98. The summed E-state index contributed by atoms with van der Waals surface area (Å²) in [5, 5.41) is 37.2. The van der Waals surface area contributed by atoms with E-state index >= 15 is 0 Å². The van der Waals surface area contributed by atoms with Gasteiger partial charge in [-0.3, -0.25) is 4.79 Å². The van der Waals surface area contributed by atoms with Crippen LogP contribution in [0.3, 0.4) is 0 Å². The summed E-state index contributed by atoms with van der Waals surface area (Å²) in [6, 6.07) is 0. The minimum atomic E-state index is -0.846. The normalized spacial score (nSPS) is 48.3. The van der Waals surface area contributed by atoms with Gasteiger partial charge in [0, 0.05) is 13.0 Å². The third-order valence-corrected chi connectivity index (χ3v) is 12.7. The number of carbonyl (C=O) groups is 1. The largest absolute Gasteiger partial charge is 0.393 e. The number of rotatable bonds is 6. The smallest absolute Gasteiger partial charge is 0.219 e. The van der Waals surface area contributed by atoms with Gasteiger partial charge >= 0.3 is 0 Å². The van der Waals surface area contributed by atoms with Crippen molar-refractivity contribution in [1.82, 2.24) is 5.32 Å². The van der Waals surface area contributed by atoms with Gasteiger partial charge in [0.25, 0.3) is 0 Å².